The molecular formula is C59H104O6. The second-order valence-corrected chi connectivity index (χ2v) is 18.5. The molecule has 0 aliphatic carbocycles. The van der Waals surface area contributed by atoms with Crippen LogP contribution in [0.4, 0.5) is 0 Å². The smallest absolute Gasteiger partial charge is 0.306 e. The first-order chi connectivity index (χ1) is 32.0. The van der Waals surface area contributed by atoms with Crippen LogP contribution < -0.4 is 0 Å². The van der Waals surface area contributed by atoms with E-state index in [1.165, 1.54) is 154 Å². The Bertz CT molecular complexity index is 1180. The molecule has 0 fully saturated rings. The molecule has 1 atom stereocenters. The lowest BCUT2D eigenvalue weighted by Crippen LogP contribution is -2.30. The van der Waals surface area contributed by atoms with E-state index in [0.29, 0.717) is 19.3 Å². The maximum absolute atomic E-state index is 12.8. The number of hydrogen-bond donors (Lipinski definition) is 0. The largest absolute Gasteiger partial charge is 0.462 e. The first-order valence-corrected chi connectivity index (χ1v) is 27.8. The lowest BCUT2D eigenvalue weighted by molar-refractivity contribution is -0.167. The molecular weight excluding hydrogens is 805 g/mol. The summed E-state index contributed by atoms with van der Waals surface area (Å²) in [7, 11) is 0. The van der Waals surface area contributed by atoms with Gasteiger partial charge in [-0.3, -0.25) is 14.4 Å². The van der Waals surface area contributed by atoms with E-state index in [1.54, 1.807) is 0 Å². The minimum absolute atomic E-state index is 0.0893. The van der Waals surface area contributed by atoms with Crippen molar-refractivity contribution in [1.82, 2.24) is 0 Å². The number of ether oxygens (including phenoxy) is 3. The summed E-state index contributed by atoms with van der Waals surface area (Å²) in [5, 5.41) is 0. The Labute approximate surface area is 402 Å². The Kier molecular flexibility index (Phi) is 51.3. The third kappa shape index (κ3) is 51.9. The van der Waals surface area contributed by atoms with Crippen molar-refractivity contribution in [2.75, 3.05) is 13.2 Å². The van der Waals surface area contributed by atoms with Crippen molar-refractivity contribution in [3.05, 3.63) is 60.8 Å². The standard InChI is InChI=1S/C59H104O6/c1-4-7-10-13-16-19-21-23-25-26-27-28-29-30-31-32-34-35-37-40-43-46-49-52-58(61)64-55-56(54-63-57(60)51-48-45-42-39-18-15-12-9-6-3)65-59(62)53-50-47-44-41-38-36-33-24-22-20-17-14-11-8-5-2/h8,11,17,20,24,26-27,33,38,41,56H,4-7,9-10,12-16,18-19,21-23,25,28-32,34-37,39-40,42-55H2,1-3H3/b11-8-,20-17-,27-26-,33-24-,41-38-. The van der Waals surface area contributed by atoms with E-state index in [2.05, 4.69) is 81.5 Å². The van der Waals surface area contributed by atoms with Gasteiger partial charge >= 0.3 is 17.9 Å². The van der Waals surface area contributed by atoms with Crippen molar-refractivity contribution in [1.29, 1.82) is 0 Å². The van der Waals surface area contributed by atoms with E-state index < -0.39 is 6.10 Å². The zero-order valence-corrected chi connectivity index (χ0v) is 43.0. The highest BCUT2D eigenvalue weighted by atomic mass is 16.6. The lowest BCUT2D eigenvalue weighted by Gasteiger charge is -2.18. The number of rotatable bonds is 50. The third-order valence-corrected chi connectivity index (χ3v) is 12.0. The Balaban J connectivity index is 4.26. The van der Waals surface area contributed by atoms with Crippen LogP contribution in [0.25, 0.3) is 0 Å². The van der Waals surface area contributed by atoms with Crippen molar-refractivity contribution in [2.45, 2.75) is 284 Å². The Morgan fingerprint density at radius 2 is 0.600 bits per heavy atom. The molecule has 0 aliphatic heterocycles. The van der Waals surface area contributed by atoms with Crippen molar-refractivity contribution >= 4 is 17.9 Å². The fraction of sp³-hybridized carbons (Fsp3) is 0.780. The van der Waals surface area contributed by atoms with Gasteiger partial charge in [0, 0.05) is 19.3 Å². The number of carbonyl (C=O) groups is 3. The monoisotopic (exact) mass is 909 g/mol. The van der Waals surface area contributed by atoms with Gasteiger partial charge in [0.25, 0.3) is 0 Å². The zero-order valence-electron chi connectivity index (χ0n) is 43.0. The highest BCUT2D eigenvalue weighted by molar-refractivity contribution is 5.71. The summed E-state index contributed by atoms with van der Waals surface area (Å²) in [6, 6.07) is 0. The Morgan fingerprint density at radius 3 is 0.985 bits per heavy atom. The molecule has 0 aromatic carbocycles. The number of carbonyl (C=O) groups excluding carboxylic acids is 3. The van der Waals surface area contributed by atoms with Gasteiger partial charge in [-0.15, -0.1) is 0 Å². The predicted octanol–water partition coefficient (Wildman–Crippen LogP) is 18.4. The normalized spacial score (nSPS) is 12.5. The van der Waals surface area contributed by atoms with Crippen molar-refractivity contribution in [2.24, 2.45) is 0 Å². The van der Waals surface area contributed by atoms with Gasteiger partial charge in [-0.1, -0.05) is 236 Å². The fourth-order valence-electron chi connectivity index (χ4n) is 7.84. The molecule has 0 aromatic rings. The number of hydrogen-bond acceptors (Lipinski definition) is 6. The average Bonchev–Trinajstić information content (AvgIpc) is 3.30. The van der Waals surface area contributed by atoms with Crippen LogP contribution >= 0.6 is 0 Å². The quantitative estimate of drug-likeness (QED) is 0.0262. The first kappa shape index (κ1) is 62.1. The second kappa shape index (κ2) is 53.7. The highest BCUT2D eigenvalue weighted by Gasteiger charge is 2.19. The van der Waals surface area contributed by atoms with Crippen molar-refractivity contribution in [3.8, 4) is 0 Å². The summed E-state index contributed by atoms with van der Waals surface area (Å²) in [5.74, 6) is -0.927. The lowest BCUT2D eigenvalue weighted by atomic mass is 10.0. The van der Waals surface area contributed by atoms with Crippen LogP contribution in [-0.4, -0.2) is 37.2 Å². The van der Waals surface area contributed by atoms with Crippen LogP contribution in [0.5, 0.6) is 0 Å². The molecule has 0 saturated heterocycles. The van der Waals surface area contributed by atoms with Crippen molar-refractivity contribution in [3.63, 3.8) is 0 Å². The van der Waals surface area contributed by atoms with E-state index in [9.17, 15) is 14.4 Å². The van der Waals surface area contributed by atoms with Gasteiger partial charge in [0.05, 0.1) is 0 Å². The van der Waals surface area contributed by atoms with Crippen LogP contribution in [0.3, 0.4) is 0 Å². The molecule has 0 aromatic heterocycles. The Hall–Kier alpha value is -2.89. The molecule has 6 heteroatoms. The van der Waals surface area contributed by atoms with E-state index in [1.807, 2.05) is 0 Å². The number of allylic oxidation sites excluding steroid dienone is 10. The van der Waals surface area contributed by atoms with Gasteiger partial charge in [-0.05, 0) is 83.5 Å². The molecule has 0 aliphatic rings. The summed E-state index contributed by atoms with van der Waals surface area (Å²) in [6.45, 7) is 6.49. The molecule has 0 rings (SSSR count). The molecule has 0 radical (unpaired) electrons. The summed E-state index contributed by atoms with van der Waals surface area (Å²) < 4.78 is 16.8. The van der Waals surface area contributed by atoms with E-state index >= 15 is 0 Å². The third-order valence-electron chi connectivity index (χ3n) is 12.0. The van der Waals surface area contributed by atoms with Gasteiger partial charge < -0.3 is 14.2 Å². The Morgan fingerprint density at radius 1 is 0.323 bits per heavy atom. The van der Waals surface area contributed by atoms with Gasteiger partial charge in [0.15, 0.2) is 6.10 Å². The molecule has 376 valence electrons. The molecule has 0 heterocycles. The van der Waals surface area contributed by atoms with Gasteiger partial charge in [0.2, 0.25) is 0 Å². The minimum atomic E-state index is -0.793. The van der Waals surface area contributed by atoms with Gasteiger partial charge in [-0.25, -0.2) is 0 Å². The molecule has 0 spiro atoms. The number of esters is 3. The average molecular weight is 909 g/mol. The SMILES string of the molecule is CC/C=C\C/C=C\C/C=C\C/C=C\CCCCC(=O)OC(COC(=O)CCCCCCCCCCC)COC(=O)CCCCCCCCCCCCC/C=C\CCCCCCCCCC. The van der Waals surface area contributed by atoms with Gasteiger partial charge in [-0.2, -0.15) is 0 Å². The number of unbranched alkanes of at least 4 members (excludes halogenated alkanes) is 29. The fourth-order valence-corrected chi connectivity index (χ4v) is 7.84. The summed E-state index contributed by atoms with van der Waals surface area (Å²) in [4.78, 5) is 37.9. The maximum atomic E-state index is 12.8. The maximum Gasteiger partial charge on any atom is 0.306 e. The summed E-state index contributed by atoms with van der Waals surface area (Å²) >= 11 is 0. The predicted molar refractivity (Wildman–Crippen MR) is 279 cm³/mol. The van der Waals surface area contributed by atoms with Crippen LogP contribution in [0, 0.1) is 0 Å². The van der Waals surface area contributed by atoms with Crippen LogP contribution in [0.15, 0.2) is 60.8 Å². The molecule has 0 N–H and O–H groups in total. The molecule has 6 nitrogen and oxygen atoms in total. The molecule has 65 heavy (non-hydrogen) atoms. The topological polar surface area (TPSA) is 78.9 Å². The molecule has 0 saturated carbocycles. The first-order valence-electron chi connectivity index (χ1n) is 27.8. The minimum Gasteiger partial charge on any atom is -0.462 e. The molecule has 0 bridgehead atoms. The van der Waals surface area contributed by atoms with Crippen LogP contribution in [-0.2, 0) is 28.6 Å². The highest BCUT2D eigenvalue weighted by Crippen LogP contribution is 2.15. The molecule has 1 unspecified atom stereocenters. The van der Waals surface area contributed by atoms with E-state index in [-0.39, 0.29) is 37.5 Å². The van der Waals surface area contributed by atoms with Crippen molar-refractivity contribution < 1.29 is 28.6 Å². The van der Waals surface area contributed by atoms with E-state index in [0.717, 1.165) is 77.0 Å². The zero-order chi connectivity index (χ0) is 47.2. The summed E-state index contributed by atoms with van der Waals surface area (Å²) in [6.07, 6.45) is 66.6. The van der Waals surface area contributed by atoms with Crippen LogP contribution in [0.2, 0.25) is 0 Å². The second-order valence-electron chi connectivity index (χ2n) is 18.5. The van der Waals surface area contributed by atoms with Crippen LogP contribution in [0.1, 0.15) is 278 Å². The van der Waals surface area contributed by atoms with E-state index in [4.69, 9.17) is 14.2 Å². The summed E-state index contributed by atoms with van der Waals surface area (Å²) in [5.41, 5.74) is 0. The molecule has 0 amide bonds. The van der Waals surface area contributed by atoms with Gasteiger partial charge in [0.1, 0.15) is 13.2 Å².